The summed E-state index contributed by atoms with van der Waals surface area (Å²) in [5.74, 6) is -0.0375. The third-order valence-electron chi connectivity index (χ3n) is 5.08. The number of imidazole rings is 1. The van der Waals surface area contributed by atoms with Gasteiger partial charge in [-0.25, -0.2) is 23.7 Å². The van der Waals surface area contributed by atoms with Crippen molar-refractivity contribution in [2.45, 2.75) is 64.2 Å². The van der Waals surface area contributed by atoms with E-state index in [-0.39, 0.29) is 12.0 Å². The summed E-state index contributed by atoms with van der Waals surface area (Å²) in [6.07, 6.45) is 8.71. The fourth-order valence-corrected chi connectivity index (χ4v) is 3.92. The number of nitrogens with one attached hydrogen (secondary N) is 1. The highest BCUT2D eigenvalue weighted by atomic mass is 32.2. The largest absolute Gasteiger partial charge is 0.365 e. The molecule has 0 aliphatic heterocycles. The summed E-state index contributed by atoms with van der Waals surface area (Å²) >= 11 is 1.65. The first-order valence-corrected chi connectivity index (χ1v) is 11.4. The van der Waals surface area contributed by atoms with Gasteiger partial charge in [0.15, 0.2) is 33.8 Å². The molecule has 0 unspecified atom stereocenters. The van der Waals surface area contributed by atoms with Crippen molar-refractivity contribution in [3.63, 3.8) is 0 Å². The third kappa shape index (κ3) is 5.47. The number of aromatic nitrogens is 4. The molecule has 1 N–H and O–H groups in total. The van der Waals surface area contributed by atoms with E-state index >= 15 is 0 Å². The van der Waals surface area contributed by atoms with Gasteiger partial charge in [0.2, 0.25) is 0 Å². The van der Waals surface area contributed by atoms with E-state index in [4.69, 9.17) is 9.97 Å². The van der Waals surface area contributed by atoms with Gasteiger partial charge < -0.3 is 9.88 Å². The molecule has 30 heavy (non-hydrogen) atoms. The Kier molecular flexibility index (Phi) is 7.64. The lowest BCUT2D eigenvalue weighted by Crippen LogP contribution is -2.09. The number of allylic oxidation sites excluding steroid dienone is 4. The number of unbranched alkanes of at least 4 members (excludes halogenated alkanes) is 1. The highest BCUT2D eigenvalue weighted by Crippen LogP contribution is 2.40. The van der Waals surface area contributed by atoms with Gasteiger partial charge in [0.25, 0.3) is 0 Å². The second kappa shape index (κ2) is 10.2. The number of aryl methyl sites for hydroxylation is 1. The number of anilines is 1. The summed E-state index contributed by atoms with van der Waals surface area (Å²) in [4.78, 5) is 14.0. The number of thioether (sulfide) groups is 1. The maximum Gasteiger partial charge on any atom is 0.191 e. The number of fused-ring (bicyclic) bond motifs is 1. The molecule has 1 aliphatic carbocycles. The number of hydrogen-bond acceptors (Lipinski definition) is 5. The average Bonchev–Trinajstić information content (AvgIpc) is 3.38. The summed E-state index contributed by atoms with van der Waals surface area (Å²) < 4.78 is 28.2. The van der Waals surface area contributed by atoms with E-state index in [9.17, 15) is 8.78 Å². The predicted molar refractivity (Wildman–Crippen MR) is 120 cm³/mol. The molecule has 2 atom stereocenters. The van der Waals surface area contributed by atoms with Gasteiger partial charge in [0.1, 0.15) is 0 Å². The van der Waals surface area contributed by atoms with Crippen molar-refractivity contribution in [2.75, 3.05) is 11.1 Å². The molecule has 2 aromatic heterocycles. The first-order chi connectivity index (χ1) is 14.4. The number of hydrogen-bond donors (Lipinski definition) is 1. The van der Waals surface area contributed by atoms with Crippen LogP contribution in [0.25, 0.3) is 11.2 Å². The van der Waals surface area contributed by atoms with E-state index < -0.39 is 11.7 Å². The molecule has 0 spiro atoms. The zero-order valence-electron chi connectivity index (χ0n) is 17.8. The average molecular weight is 434 g/mol. The minimum absolute atomic E-state index is 0.189. The highest BCUT2D eigenvalue weighted by molar-refractivity contribution is 7.99. The molecule has 8 heteroatoms. The van der Waals surface area contributed by atoms with E-state index in [0.717, 1.165) is 71.8 Å². The van der Waals surface area contributed by atoms with Crippen LogP contribution in [0, 0.1) is 5.92 Å². The van der Waals surface area contributed by atoms with E-state index in [1.807, 2.05) is 13.3 Å². The van der Waals surface area contributed by atoms with Gasteiger partial charge in [0.05, 0.1) is 6.33 Å². The molecule has 2 aromatic rings. The van der Waals surface area contributed by atoms with Crippen LogP contribution in [-0.2, 0) is 6.54 Å². The second-order valence-corrected chi connectivity index (χ2v) is 8.65. The van der Waals surface area contributed by atoms with Gasteiger partial charge in [-0.3, -0.25) is 0 Å². The monoisotopic (exact) mass is 433 g/mol. The normalized spacial score (nSPS) is 19.4. The van der Waals surface area contributed by atoms with Crippen molar-refractivity contribution in [1.82, 2.24) is 19.5 Å². The number of halogens is 2. The van der Waals surface area contributed by atoms with Crippen LogP contribution in [0.4, 0.5) is 14.6 Å². The molecule has 0 bridgehead atoms. The van der Waals surface area contributed by atoms with Gasteiger partial charge in [-0.05, 0) is 32.3 Å². The van der Waals surface area contributed by atoms with E-state index in [0.29, 0.717) is 0 Å². The molecule has 162 valence electrons. The lowest BCUT2D eigenvalue weighted by atomic mass is 10.1. The lowest BCUT2D eigenvalue weighted by Gasteiger charge is -2.09. The quantitative estimate of drug-likeness (QED) is 0.259. The molecule has 3 rings (SSSR count). The lowest BCUT2D eigenvalue weighted by molar-refractivity contribution is 0.548. The summed E-state index contributed by atoms with van der Waals surface area (Å²) in [6, 6.07) is 0.189. The van der Waals surface area contributed by atoms with Gasteiger partial charge in [0, 0.05) is 24.3 Å². The third-order valence-corrected chi connectivity index (χ3v) is 6.13. The molecular formula is C22H29F2N5S. The van der Waals surface area contributed by atoms with Gasteiger partial charge in [-0.1, -0.05) is 50.3 Å². The Balaban J connectivity index is 1.80. The zero-order chi connectivity index (χ0) is 21.7. The Morgan fingerprint density at radius 3 is 2.80 bits per heavy atom. The Bertz CT molecular complexity index is 966. The molecule has 5 nitrogen and oxygen atoms in total. The molecular weight excluding hydrogens is 404 g/mol. The van der Waals surface area contributed by atoms with Crippen LogP contribution in [0.2, 0.25) is 0 Å². The van der Waals surface area contributed by atoms with Crippen LogP contribution in [0.5, 0.6) is 0 Å². The van der Waals surface area contributed by atoms with Gasteiger partial charge in [-0.15, -0.1) is 0 Å². The fourth-order valence-electron chi connectivity index (χ4n) is 3.23. The second-order valence-electron chi connectivity index (χ2n) is 7.59. The molecule has 0 amide bonds. The predicted octanol–water partition coefficient (Wildman–Crippen LogP) is 6.21. The molecule has 2 heterocycles. The Hall–Kier alpha value is -2.22. The van der Waals surface area contributed by atoms with E-state index in [1.54, 1.807) is 17.8 Å². The van der Waals surface area contributed by atoms with Crippen LogP contribution < -0.4 is 5.32 Å². The Morgan fingerprint density at radius 1 is 1.30 bits per heavy atom. The van der Waals surface area contributed by atoms with Crippen LogP contribution >= 0.6 is 11.8 Å². The minimum Gasteiger partial charge on any atom is -0.365 e. The van der Waals surface area contributed by atoms with Crippen molar-refractivity contribution in [2.24, 2.45) is 5.92 Å². The molecule has 1 fully saturated rings. The first-order valence-electron chi connectivity index (χ1n) is 10.5. The fraction of sp³-hybridized carbons (Fsp3) is 0.500. The van der Waals surface area contributed by atoms with Crippen molar-refractivity contribution in [3.05, 3.63) is 42.3 Å². The van der Waals surface area contributed by atoms with E-state index in [1.165, 1.54) is 0 Å². The Labute approximate surface area is 180 Å². The summed E-state index contributed by atoms with van der Waals surface area (Å²) in [7, 11) is 0. The van der Waals surface area contributed by atoms with Crippen LogP contribution in [0.3, 0.4) is 0 Å². The van der Waals surface area contributed by atoms with Crippen molar-refractivity contribution in [1.29, 1.82) is 0 Å². The summed E-state index contributed by atoms with van der Waals surface area (Å²) in [6.45, 7) is 10.1. The van der Waals surface area contributed by atoms with E-state index in [2.05, 4.69) is 35.3 Å². The van der Waals surface area contributed by atoms with Crippen molar-refractivity contribution in [3.8, 4) is 0 Å². The zero-order valence-corrected chi connectivity index (χ0v) is 18.6. The molecule has 1 aliphatic rings. The smallest absolute Gasteiger partial charge is 0.191 e. The molecule has 0 saturated heterocycles. The van der Waals surface area contributed by atoms with Crippen molar-refractivity contribution >= 4 is 28.7 Å². The molecule has 1 saturated carbocycles. The Morgan fingerprint density at radius 2 is 2.10 bits per heavy atom. The number of nitrogens with zero attached hydrogens (tertiary/aromatic N) is 4. The highest BCUT2D eigenvalue weighted by Gasteiger charge is 2.39. The van der Waals surface area contributed by atoms with Crippen LogP contribution in [0.15, 0.2) is 47.4 Å². The summed E-state index contributed by atoms with van der Waals surface area (Å²) in [5, 5.41) is 4.25. The minimum atomic E-state index is -1.05. The van der Waals surface area contributed by atoms with Gasteiger partial charge >= 0.3 is 0 Å². The topological polar surface area (TPSA) is 55.6 Å². The SMILES string of the molecule is C=C(F)/C(F)=C\C=C(/C)[C@@H]1C[C@H]1Nc1nc(SCCC)nc2c1ncn2CCCC. The molecule has 0 radical (unpaired) electrons. The summed E-state index contributed by atoms with van der Waals surface area (Å²) in [5.41, 5.74) is 2.62. The van der Waals surface area contributed by atoms with Crippen LogP contribution in [0.1, 0.15) is 46.5 Å². The maximum atomic E-state index is 13.3. The maximum absolute atomic E-state index is 13.3. The van der Waals surface area contributed by atoms with Crippen molar-refractivity contribution < 1.29 is 8.78 Å². The number of rotatable bonds is 11. The van der Waals surface area contributed by atoms with Crippen LogP contribution in [-0.4, -0.2) is 31.3 Å². The first kappa shape index (κ1) is 22.5. The standard InChI is InChI=1S/C22H29F2N5S/c1-5-7-10-29-13-25-19-20(27-22(28-21(19)29)30-11-6-2)26-18-12-16(18)14(3)8-9-17(24)15(4)23/h8-9,13,16,18H,4-7,10-12H2,1-3H3,(H,26,27,28)/b14-8+,17-9+/t16-,18+/m0/s1. The molecule has 0 aromatic carbocycles. The van der Waals surface area contributed by atoms with Gasteiger partial charge in [-0.2, -0.15) is 0 Å².